The highest BCUT2D eigenvalue weighted by molar-refractivity contribution is 5.49. The molecule has 1 rings (SSSR count). The van der Waals surface area contributed by atoms with Crippen LogP contribution >= 0.6 is 0 Å². The van der Waals surface area contributed by atoms with Gasteiger partial charge in [0.15, 0.2) is 0 Å². The third-order valence-corrected chi connectivity index (χ3v) is 1.69. The summed E-state index contributed by atoms with van der Waals surface area (Å²) in [6, 6.07) is 10.1. The number of aliphatic hydroxyl groups excluding tert-OH is 1. The van der Waals surface area contributed by atoms with Crippen molar-refractivity contribution in [2.45, 2.75) is 12.8 Å². The molecule has 0 aliphatic heterocycles. The summed E-state index contributed by atoms with van der Waals surface area (Å²) in [4.78, 5) is 0. The van der Waals surface area contributed by atoms with Gasteiger partial charge >= 0.3 is 0 Å². The minimum absolute atomic E-state index is 0.148. The maximum atomic E-state index is 8.48. The normalized spacial score (nSPS) is 9.79. The zero-order valence-corrected chi connectivity index (χ0v) is 8.11. The van der Waals surface area contributed by atoms with E-state index in [4.69, 9.17) is 5.11 Å². The van der Waals surface area contributed by atoms with E-state index in [-0.39, 0.29) is 6.61 Å². The molecule has 0 radical (unpaired) electrons. The summed E-state index contributed by atoms with van der Waals surface area (Å²) < 4.78 is 0. The van der Waals surface area contributed by atoms with Crippen molar-refractivity contribution in [2.24, 2.45) is 0 Å². The molecule has 0 spiro atoms. The van der Waals surface area contributed by atoms with Gasteiger partial charge in [-0.1, -0.05) is 48.4 Å². The Balaban J connectivity index is 2.32. The highest BCUT2D eigenvalue weighted by Crippen LogP contribution is 2.01. The molecular weight excluding hydrogens is 172 g/mol. The molecule has 72 valence electrons. The maximum absolute atomic E-state index is 8.48. The smallest absolute Gasteiger partial charge is 0.0540 e. The van der Waals surface area contributed by atoms with Crippen molar-refractivity contribution in [1.29, 1.82) is 0 Å². The first kappa shape index (κ1) is 10.6. The van der Waals surface area contributed by atoms with Gasteiger partial charge in [-0.05, 0) is 5.56 Å². The fraction of sp³-hybridized carbons (Fsp3) is 0.231. The van der Waals surface area contributed by atoms with Crippen molar-refractivity contribution in [2.75, 3.05) is 6.61 Å². The van der Waals surface area contributed by atoms with Crippen molar-refractivity contribution < 1.29 is 5.11 Å². The first-order valence-electron chi connectivity index (χ1n) is 4.71. The molecule has 1 N–H and O–H groups in total. The highest BCUT2D eigenvalue weighted by Gasteiger charge is 1.80. The van der Waals surface area contributed by atoms with Crippen molar-refractivity contribution in [3.8, 4) is 11.8 Å². The summed E-state index contributed by atoms with van der Waals surface area (Å²) in [7, 11) is 0. The third kappa shape index (κ3) is 4.49. The molecule has 0 aliphatic carbocycles. The number of hydrogen-bond donors (Lipinski definition) is 1. The lowest BCUT2D eigenvalue weighted by atomic mass is 10.2. The van der Waals surface area contributed by atoms with Crippen LogP contribution < -0.4 is 0 Å². The van der Waals surface area contributed by atoms with Gasteiger partial charge in [0.05, 0.1) is 6.61 Å². The minimum atomic E-state index is 0.148. The van der Waals surface area contributed by atoms with Crippen LogP contribution in [0.3, 0.4) is 0 Å². The zero-order valence-electron chi connectivity index (χ0n) is 8.11. The second-order valence-electron chi connectivity index (χ2n) is 2.84. The van der Waals surface area contributed by atoms with Gasteiger partial charge in [0.2, 0.25) is 0 Å². The molecule has 0 amide bonds. The molecular formula is C13H14O. The van der Waals surface area contributed by atoms with Gasteiger partial charge in [-0.25, -0.2) is 0 Å². The molecule has 0 heterocycles. The Hall–Kier alpha value is -1.52. The first-order valence-corrected chi connectivity index (χ1v) is 4.71. The Morgan fingerprint density at radius 3 is 2.64 bits per heavy atom. The summed E-state index contributed by atoms with van der Waals surface area (Å²) in [5, 5.41) is 8.48. The molecule has 1 aromatic rings. The SMILES string of the molecule is OCCC#CC/C=C/c1ccccc1. The Morgan fingerprint density at radius 1 is 1.14 bits per heavy atom. The first-order chi connectivity index (χ1) is 6.93. The predicted octanol–water partition coefficient (Wildman–Crippen LogP) is 2.48. The van der Waals surface area contributed by atoms with E-state index in [1.165, 1.54) is 5.56 Å². The quantitative estimate of drug-likeness (QED) is 0.719. The van der Waals surface area contributed by atoms with E-state index in [1.807, 2.05) is 30.4 Å². The largest absolute Gasteiger partial charge is 0.395 e. The molecule has 0 atom stereocenters. The average molecular weight is 186 g/mol. The standard InChI is InChI=1S/C13H14O/c14-12-8-3-1-2-5-9-13-10-6-4-7-11-13/h4-7,9-11,14H,2,8,12H2/b9-5+. The fourth-order valence-corrected chi connectivity index (χ4v) is 1.03. The molecule has 0 saturated carbocycles. The minimum Gasteiger partial charge on any atom is -0.395 e. The van der Waals surface area contributed by atoms with Crippen molar-refractivity contribution in [3.63, 3.8) is 0 Å². The highest BCUT2D eigenvalue weighted by atomic mass is 16.2. The Morgan fingerprint density at radius 2 is 1.93 bits per heavy atom. The monoisotopic (exact) mass is 186 g/mol. The zero-order chi connectivity index (χ0) is 10.1. The average Bonchev–Trinajstić information content (AvgIpc) is 2.25. The second-order valence-corrected chi connectivity index (χ2v) is 2.84. The predicted molar refractivity (Wildman–Crippen MR) is 59.6 cm³/mol. The van der Waals surface area contributed by atoms with E-state index in [0.29, 0.717) is 6.42 Å². The van der Waals surface area contributed by atoms with E-state index in [9.17, 15) is 0 Å². The molecule has 14 heavy (non-hydrogen) atoms. The molecule has 0 unspecified atom stereocenters. The van der Waals surface area contributed by atoms with Gasteiger partial charge in [-0.2, -0.15) is 0 Å². The second kappa shape index (κ2) is 6.94. The molecule has 0 saturated heterocycles. The Labute approximate surface area is 85.1 Å². The Bertz CT molecular complexity index is 327. The number of allylic oxidation sites excluding steroid dienone is 1. The van der Waals surface area contributed by atoms with Crippen LogP contribution in [-0.4, -0.2) is 11.7 Å². The summed E-state index contributed by atoms with van der Waals surface area (Å²) in [5.74, 6) is 5.83. The van der Waals surface area contributed by atoms with Gasteiger partial charge in [-0.15, -0.1) is 5.92 Å². The van der Waals surface area contributed by atoms with E-state index in [0.717, 1.165) is 6.42 Å². The van der Waals surface area contributed by atoms with Crippen molar-refractivity contribution in [1.82, 2.24) is 0 Å². The van der Waals surface area contributed by atoms with Crippen LogP contribution in [-0.2, 0) is 0 Å². The topological polar surface area (TPSA) is 20.2 Å². The summed E-state index contributed by atoms with van der Waals surface area (Å²) in [5.41, 5.74) is 1.19. The van der Waals surface area contributed by atoms with Gasteiger partial charge in [-0.3, -0.25) is 0 Å². The summed E-state index contributed by atoms with van der Waals surface area (Å²) >= 11 is 0. The number of benzene rings is 1. The molecule has 1 nitrogen and oxygen atoms in total. The molecule has 1 heteroatoms. The van der Waals surface area contributed by atoms with Crippen LogP contribution in [0.25, 0.3) is 6.08 Å². The summed E-state index contributed by atoms with van der Waals surface area (Å²) in [6.45, 7) is 0.148. The lowest BCUT2D eigenvalue weighted by molar-refractivity contribution is 0.305. The maximum Gasteiger partial charge on any atom is 0.0540 e. The summed E-state index contributed by atoms with van der Waals surface area (Å²) in [6.07, 6.45) is 5.39. The van der Waals surface area contributed by atoms with Crippen LogP contribution in [0, 0.1) is 11.8 Å². The van der Waals surface area contributed by atoms with Crippen LogP contribution in [0.1, 0.15) is 18.4 Å². The number of rotatable bonds is 3. The van der Waals surface area contributed by atoms with E-state index >= 15 is 0 Å². The lowest BCUT2D eigenvalue weighted by Crippen LogP contribution is -1.75. The third-order valence-electron chi connectivity index (χ3n) is 1.69. The fourth-order valence-electron chi connectivity index (χ4n) is 1.03. The van der Waals surface area contributed by atoms with E-state index < -0.39 is 0 Å². The van der Waals surface area contributed by atoms with Gasteiger partial charge in [0, 0.05) is 12.8 Å². The number of aliphatic hydroxyl groups is 1. The van der Waals surface area contributed by atoms with Crippen LogP contribution in [0.2, 0.25) is 0 Å². The number of hydrogen-bond acceptors (Lipinski definition) is 1. The van der Waals surface area contributed by atoms with Crippen LogP contribution in [0.15, 0.2) is 36.4 Å². The molecule has 0 aliphatic rings. The van der Waals surface area contributed by atoms with Crippen molar-refractivity contribution >= 4 is 6.08 Å². The molecule has 0 aromatic heterocycles. The van der Waals surface area contributed by atoms with Crippen LogP contribution in [0.4, 0.5) is 0 Å². The Kier molecular flexibility index (Phi) is 5.23. The van der Waals surface area contributed by atoms with Gasteiger partial charge in [0.1, 0.15) is 0 Å². The lowest BCUT2D eigenvalue weighted by Gasteiger charge is -1.88. The molecule has 1 aromatic carbocycles. The van der Waals surface area contributed by atoms with Crippen LogP contribution in [0.5, 0.6) is 0 Å². The van der Waals surface area contributed by atoms with E-state index in [1.54, 1.807) is 0 Å². The van der Waals surface area contributed by atoms with Gasteiger partial charge < -0.3 is 5.11 Å². The molecule has 0 bridgehead atoms. The van der Waals surface area contributed by atoms with Gasteiger partial charge in [0.25, 0.3) is 0 Å². The molecule has 0 fully saturated rings. The van der Waals surface area contributed by atoms with Crippen molar-refractivity contribution in [3.05, 3.63) is 42.0 Å². The van der Waals surface area contributed by atoms with E-state index in [2.05, 4.69) is 24.0 Å².